The molecule has 1 saturated heterocycles. The number of likely N-dealkylation sites (tertiary alicyclic amines) is 1. The van der Waals surface area contributed by atoms with E-state index < -0.39 is 0 Å². The van der Waals surface area contributed by atoms with Gasteiger partial charge in [-0.2, -0.15) is 0 Å². The molecule has 1 aromatic heterocycles. The van der Waals surface area contributed by atoms with Gasteiger partial charge in [-0.15, -0.1) is 11.3 Å². The third-order valence-electron chi connectivity index (χ3n) is 3.61. The highest BCUT2D eigenvalue weighted by molar-refractivity contribution is 7.11. The van der Waals surface area contributed by atoms with Crippen LogP contribution in [-0.2, 0) is 6.54 Å². The number of nitrogens with zero attached hydrogens (tertiary/aromatic N) is 2. The summed E-state index contributed by atoms with van der Waals surface area (Å²) in [5, 5.41) is 1.27. The highest BCUT2D eigenvalue weighted by atomic mass is 32.1. The lowest BCUT2D eigenvalue weighted by Gasteiger charge is -2.31. The normalized spacial score (nSPS) is 21.9. The summed E-state index contributed by atoms with van der Waals surface area (Å²) in [5.74, 6) is 0.802. The Balaban J connectivity index is 1.90. The molecule has 1 aromatic rings. The standard InChI is InChI=1S/C13H23N3S/c1-10-11(2)17-13(15-10)9-16-7-3-4-12(8-16)5-6-14/h12H,3-9,14H2,1-2H3/t12-/m1/s1. The number of hydrogen-bond acceptors (Lipinski definition) is 4. The first-order valence-corrected chi connectivity index (χ1v) is 7.36. The summed E-state index contributed by atoms with van der Waals surface area (Å²) in [7, 11) is 0. The molecule has 1 aliphatic rings. The van der Waals surface area contributed by atoms with Crippen LogP contribution in [0.3, 0.4) is 0 Å². The summed E-state index contributed by atoms with van der Waals surface area (Å²) in [6.45, 7) is 8.54. The topological polar surface area (TPSA) is 42.2 Å². The molecule has 4 heteroatoms. The zero-order chi connectivity index (χ0) is 12.3. The van der Waals surface area contributed by atoms with Gasteiger partial charge in [-0.1, -0.05) is 0 Å². The van der Waals surface area contributed by atoms with Crippen LogP contribution >= 0.6 is 11.3 Å². The van der Waals surface area contributed by atoms with Crippen LogP contribution in [0.4, 0.5) is 0 Å². The fourth-order valence-corrected chi connectivity index (χ4v) is 3.54. The van der Waals surface area contributed by atoms with E-state index in [-0.39, 0.29) is 0 Å². The molecule has 2 N–H and O–H groups in total. The second-order valence-electron chi connectivity index (χ2n) is 5.07. The lowest BCUT2D eigenvalue weighted by Crippen LogP contribution is -2.35. The number of aromatic nitrogens is 1. The van der Waals surface area contributed by atoms with Gasteiger partial charge in [0.05, 0.1) is 12.2 Å². The largest absolute Gasteiger partial charge is 0.330 e. The quantitative estimate of drug-likeness (QED) is 0.895. The van der Waals surface area contributed by atoms with Crippen LogP contribution in [0.5, 0.6) is 0 Å². The summed E-state index contributed by atoms with van der Waals surface area (Å²) in [5.41, 5.74) is 6.85. The van der Waals surface area contributed by atoms with Crippen molar-refractivity contribution in [1.29, 1.82) is 0 Å². The van der Waals surface area contributed by atoms with E-state index in [2.05, 4.69) is 23.7 Å². The van der Waals surface area contributed by atoms with E-state index in [1.165, 1.54) is 47.9 Å². The van der Waals surface area contributed by atoms with Crippen LogP contribution in [-0.4, -0.2) is 29.5 Å². The maximum absolute atomic E-state index is 5.65. The Morgan fingerprint density at radius 1 is 1.47 bits per heavy atom. The van der Waals surface area contributed by atoms with E-state index in [0.29, 0.717) is 0 Å². The van der Waals surface area contributed by atoms with Crippen LogP contribution in [0.1, 0.15) is 34.8 Å². The minimum Gasteiger partial charge on any atom is -0.330 e. The first kappa shape index (κ1) is 13.0. The monoisotopic (exact) mass is 253 g/mol. The maximum atomic E-state index is 5.65. The molecule has 0 saturated carbocycles. The summed E-state index contributed by atoms with van der Waals surface area (Å²) in [6, 6.07) is 0. The molecule has 3 nitrogen and oxygen atoms in total. The van der Waals surface area contributed by atoms with Gasteiger partial charge < -0.3 is 5.73 Å². The third kappa shape index (κ3) is 3.50. The van der Waals surface area contributed by atoms with Crippen molar-refractivity contribution < 1.29 is 0 Å². The number of aryl methyl sites for hydroxylation is 2. The van der Waals surface area contributed by atoms with Gasteiger partial charge in [0.25, 0.3) is 0 Å². The molecule has 0 bridgehead atoms. The van der Waals surface area contributed by atoms with Crippen LogP contribution < -0.4 is 5.73 Å². The highest BCUT2D eigenvalue weighted by Gasteiger charge is 2.20. The molecule has 96 valence electrons. The molecule has 1 atom stereocenters. The lowest BCUT2D eigenvalue weighted by molar-refractivity contribution is 0.163. The Kier molecular flexibility index (Phi) is 4.54. The molecule has 2 rings (SSSR count). The molecule has 0 spiro atoms. The fourth-order valence-electron chi connectivity index (χ4n) is 2.56. The average molecular weight is 253 g/mol. The predicted octanol–water partition coefficient (Wildman–Crippen LogP) is 2.32. The molecule has 1 aliphatic heterocycles. The Bertz CT molecular complexity index is 340. The third-order valence-corrected chi connectivity index (χ3v) is 4.67. The van der Waals surface area contributed by atoms with Gasteiger partial charge >= 0.3 is 0 Å². The van der Waals surface area contributed by atoms with Crippen molar-refractivity contribution in [3.8, 4) is 0 Å². The van der Waals surface area contributed by atoms with Crippen molar-refractivity contribution in [2.45, 2.75) is 39.7 Å². The van der Waals surface area contributed by atoms with Crippen molar-refractivity contribution in [3.05, 3.63) is 15.6 Å². The summed E-state index contributed by atoms with van der Waals surface area (Å²) < 4.78 is 0. The summed E-state index contributed by atoms with van der Waals surface area (Å²) in [6.07, 6.45) is 3.84. The first-order valence-electron chi connectivity index (χ1n) is 6.54. The minimum atomic E-state index is 0.802. The van der Waals surface area contributed by atoms with Gasteiger partial charge in [0.2, 0.25) is 0 Å². The molecular formula is C13H23N3S. The van der Waals surface area contributed by atoms with Crippen LogP contribution in [0.2, 0.25) is 0 Å². The molecule has 0 amide bonds. The van der Waals surface area contributed by atoms with Gasteiger partial charge in [-0.25, -0.2) is 4.98 Å². The second kappa shape index (κ2) is 5.94. The highest BCUT2D eigenvalue weighted by Crippen LogP contribution is 2.23. The molecule has 0 unspecified atom stereocenters. The van der Waals surface area contributed by atoms with E-state index in [0.717, 1.165) is 19.0 Å². The smallest absolute Gasteiger partial charge is 0.107 e. The Morgan fingerprint density at radius 2 is 2.29 bits per heavy atom. The number of piperidine rings is 1. The van der Waals surface area contributed by atoms with Crippen molar-refractivity contribution in [1.82, 2.24) is 9.88 Å². The van der Waals surface area contributed by atoms with Crippen LogP contribution in [0.25, 0.3) is 0 Å². The summed E-state index contributed by atoms with van der Waals surface area (Å²) >= 11 is 1.85. The van der Waals surface area contributed by atoms with Crippen molar-refractivity contribution >= 4 is 11.3 Å². The van der Waals surface area contributed by atoms with E-state index >= 15 is 0 Å². The Labute approximate surface area is 108 Å². The zero-order valence-electron chi connectivity index (χ0n) is 10.9. The second-order valence-corrected chi connectivity index (χ2v) is 6.36. The van der Waals surface area contributed by atoms with Gasteiger partial charge in [0, 0.05) is 11.4 Å². The van der Waals surface area contributed by atoms with E-state index in [1.54, 1.807) is 0 Å². The molecule has 1 fully saturated rings. The van der Waals surface area contributed by atoms with Crippen molar-refractivity contribution in [2.75, 3.05) is 19.6 Å². The molecule has 17 heavy (non-hydrogen) atoms. The number of thiazole rings is 1. The van der Waals surface area contributed by atoms with Crippen molar-refractivity contribution in [2.24, 2.45) is 11.7 Å². The van der Waals surface area contributed by atoms with E-state index in [1.807, 2.05) is 11.3 Å². The first-order chi connectivity index (χ1) is 8.19. The number of hydrogen-bond donors (Lipinski definition) is 1. The summed E-state index contributed by atoms with van der Waals surface area (Å²) in [4.78, 5) is 8.53. The molecule has 0 aromatic carbocycles. The minimum absolute atomic E-state index is 0.802. The number of rotatable bonds is 4. The molecule has 0 aliphatic carbocycles. The van der Waals surface area contributed by atoms with Crippen LogP contribution in [0.15, 0.2) is 0 Å². The Hall–Kier alpha value is -0.450. The Morgan fingerprint density at radius 3 is 2.94 bits per heavy atom. The van der Waals surface area contributed by atoms with Gasteiger partial charge in [-0.05, 0) is 52.1 Å². The molecule has 0 radical (unpaired) electrons. The van der Waals surface area contributed by atoms with Gasteiger partial charge in [-0.3, -0.25) is 4.90 Å². The fraction of sp³-hybridized carbons (Fsp3) is 0.769. The lowest BCUT2D eigenvalue weighted by atomic mass is 9.95. The SMILES string of the molecule is Cc1nc(CN2CCC[C@H](CCN)C2)sc1C. The number of nitrogens with two attached hydrogens (primary N) is 1. The van der Waals surface area contributed by atoms with E-state index in [4.69, 9.17) is 5.73 Å². The van der Waals surface area contributed by atoms with Gasteiger partial charge in [0.1, 0.15) is 5.01 Å². The van der Waals surface area contributed by atoms with E-state index in [9.17, 15) is 0 Å². The van der Waals surface area contributed by atoms with Crippen molar-refractivity contribution in [3.63, 3.8) is 0 Å². The molecule has 2 heterocycles. The van der Waals surface area contributed by atoms with Crippen LogP contribution in [0, 0.1) is 19.8 Å². The predicted molar refractivity (Wildman–Crippen MR) is 73.3 cm³/mol. The van der Waals surface area contributed by atoms with Gasteiger partial charge in [0.15, 0.2) is 0 Å². The molecular weight excluding hydrogens is 230 g/mol. The maximum Gasteiger partial charge on any atom is 0.107 e. The average Bonchev–Trinajstić information content (AvgIpc) is 2.59. The zero-order valence-corrected chi connectivity index (χ0v) is 11.7.